The summed E-state index contributed by atoms with van der Waals surface area (Å²) in [5.41, 5.74) is 2.14. The van der Waals surface area contributed by atoms with Gasteiger partial charge in [-0.2, -0.15) is 5.10 Å². The summed E-state index contributed by atoms with van der Waals surface area (Å²) in [6.45, 7) is 5.70. The van der Waals surface area contributed by atoms with Gasteiger partial charge in [0.2, 0.25) is 5.91 Å². The molecule has 2 aliphatic rings. The molecule has 2 amide bonds. The molecule has 10 heteroatoms. The van der Waals surface area contributed by atoms with Gasteiger partial charge in [-0.3, -0.25) is 14.7 Å². The van der Waals surface area contributed by atoms with Crippen LogP contribution >= 0.6 is 0 Å². The SMILES string of the molecule is COc1cc(O)c(C=O)c2c1CC(C(=O)Nc1cc([C@H]3CC[C@@H](OC(=O)NC(C)(C)C)C3)[nH]n1)C2. The molecule has 1 unspecified atom stereocenters. The molecule has 1 saturated carbocycles. The third-order valence-electron chi connectivity index (χ3n) is 6.56. The molecule has 35 heavy (non-hydrogen) atoms. The number of aldehydes is 1. The Bertz CT molecular complexity index is 1140. The van der Waals surface area contributed by atoms with Gasteiger partial charge in [-0.25, -0.2) is 4.79 Å². The summed E-state index contributed by atoms with van der Waals surface area (Å²) in [7, 11) is 1.49. The fraction of sp³-hybridized carbons (Fsp3) is 0.520. The highest BCUT2D eigenvalue weighted by molar-refractivity contribution is 5.94. The van der Waals surface area contributed by atoms with Crippen LogP contribution in [0.3, 0.4) is 0 Å². The number of phenols is 1. The normalized spacial score (nSPS) is 21.3. The molecule has 188 valence electrons. The number of anilines is 1. The van der Waals surface area contributed by atoms with E-state index in [1.165, 1.54) is 13.2 Å². The second kappa shape index (κ2) is 9.59. The highest BCUT2D eigenvalue weighted by atomic mass is 16.6. The van der Waals surface area contributed by atoms with Gasteiger partial charge in [-0.15, -0.1) is 0 Å². The summed E-state index contributed by atoms with van der Waals surface area (Å²) in [5.74, 6) is 0.257. The van der Waals surface area contributed by atoms with Gasteiger partial charge in [0.15, 0.2) is 12.1 Å². The second-order valence-corrected chi connectivity index (χ2v) is 10.3. The maximum atomic E-state index is 13.0. The Morgan fingerprint density at radius 3 is 2.63 bits per heavy atom. The van der Waals surface area contributed by atoms with Crippen LogP contribution in [-0.2, 0) is 22.4 Å². The van der Waals surface area contributed by atoms with Crippen molar-refractivity contribution in [3.05, 3.63) is 34.5 Å². The predicted octanol–water partition coefficient (Wildman–Crippen LogP) is 3.45. The Hall–Kier alpha value is -3.56. The first-order valence-electron chi connectivity index (χ1n) is 11.8. The lowest BCUT2D eigenvalue weighted by Gasteiger charge is -2.22. The Morgan fingerprint density at radius 1 is 1.20 bits per heavy atom. The fourth-order valence-corrected chi connectivity index (χ4v) is 4.93. The van der Waals surface area contributed by atoms with Crippen LogP contribution < -0.4 is 15.4 Å². The van der Waals surface area contributed by atoms with E-state index in [1.807, 2.05) is 26.8 Å². The summed E-state index contributed by atoms with van der Waals surface area (Å²) >= 11 is 0. The van der Waals surface area contributed by atoms with Crippen molar-refractivity contribution < 1.29 is 29.0 Å². The van der Waals surface area contributed by atoms with Crippen LogP contribution in [0.4, 0.5) is 10.6 Å². The monoisotopic (exact) mass is 484 g/mol. The largest absolute Gasteiger partial charge is 0.507 e. The van der Waals surface area contributed by atoms with E-state index in [1.54, 1.807) is 0 Å². The number of H-pyrrole nitrogens is 1. The van der Waals surface area contributed by atoms with Gasteiger partial charge in [-0.1, -0.05) is 0 Å². The second-order valence-electron chi connectivity index (χ2n) is 10.3. The lowest BCUT2D eigenvalue weighted by Crippen LogP contribution is -2.42. The van der Waals surface area contributed by atoms with Crippen molar-refractivity contribution in [3.8, 4) is 11.5 Å². The molecule has 0 saturated heterocycles. The maximum Gasteiger partial charge on any atom is 0.407 e. The standard InChI is InChI=1S/C25H32N4O6/c1-25(2,3)27-24(33)35-15-6-5-13(7-15)19-10-22(29-28-19)26-23(32)14-8-16-17(9-14)21(34-4)11-20(31)18(16)12-30/h10-15,31H,5-9H2,1-4H3,(H,27,33)(H2,26,28,29,32)/t13-,14?,15+/m0/s1. The highest BCUT2D eigenvalue weighted by Crippen LogP contribution is 2.40. The summed E-state index contributed by atoms with van der Waals surface area (Å²) in [6.07, 6.45) is 3.05. The third kappa shape index (κ3) is 5.41. The quantitative estimate of drug-likeness (QED) is 0.460. The van der Waals surface area contributed by atoms with Gasteiger partial charge >= 0.3 is 6.09 Å². The lowest BCUT2D eigenvalue weighted by molar-refractivity contribution is -0.119. The number of methoxy groups -OCH3 is 1. The molecule has 1 aromatic heterocycles. The number of nitrogens with zero attached hydrogens (tertiary/aromatic N) is 1. The zero-order valence-electron chi connectivity index (χ0n) is 20.4. The first kappa shape index (κ1) is 24.6. The zero-order valence-corrected chi connectivity index (χ0v) is 20.4. The van der Waals surface area contributed by atoms with E-state index in [9.17, 15) is 19.5 Å². The first-order chi connectivity index (χ1) is 16.6. The number of benzene rings is 1. The zero-order chi connectivity index (χ0) is 25.3. The number of carbonyl (C=O) groups excluding carboxylic acids is 3. The molecule has 4 rings (SSSR count). The van der Waals surface area contributed by atoms with Crippen molar-refractivity contribution in [2.75, 3.05) is 12.4 Å². The first-order valence-corrected chi connectivity index (χ1v) is 11.8. The number of nitrogens with one attached hydrogen (secondary N) is 3. The van der Waals surface area contributed by atoms with Gasteiger partial charge < -0.3 is 25.2 Å². The van der Waals surface area contributed by atoms with Crippen molar-refractivity contribution >= 4 is 24.1 Å². The summed E-state index contributed by atoms with van der Waals surface area (Å²) < 4.78 is 10.9. The maximum absolute atomic E-state index is 13.0. The van der Waals surface area contributed by atoms with Crippen LogP contribution in [0.25, 0.3) is 0 Å². The molecule has 1 fully saturated rings. The number of hydrogen-bond donors (Lipinski definition) is 4. The molecule has 0 aliphatic heterocycles. The molecule has 2 aliphatic carbocycles. The van der Waals surface area contributed by atoms with Crippen molar-refractivity contribution in [1.82, 2.24) is 15.5 Å². The minimum absolute atomic E-state index is 0.150. The molecule has 0 bridgehead atoms. The van der Waals surface area contributed by atoms with Gasteiger partial charge in [0, 0.05) is 35.2 Å². The number of ether oxygens (including phenoxy) is 2. The number of fused-ring (bicyclic) bond motifs is 1. The Morgan fingerprint density at radius 2 is 1.94 bits per heavy atom. The van der Waals surface area contributed by atoms with Crippen LogP contribution in [0.15, 0.2) is 12.1 Å². The van der Waals surface area contributed by atoms with Gasteiger partial charge in [0.1, 0.15) is 17.6 Å². The predicted molar refractivity (Wildman–Crippen MR) is 128 cm³/mol. The minimum Gasteiger partial charge on any atom is -0.507 e. The van der Waals surface area contributed by atoms with E-state index >= 15 is 0 Å². The molecule has 3 atom stereocenters. The number of alkyl carbamates (subject to hydrolysis) is 1. The van der Waals surface area contributed by atoms with Crippen molar-refractivity contribution in [1.29, 1.82) is 0 Å². The minimum atomic E-state index is -0.416. The molecular weight excluding hydrogens is 452 g/mol. The van der Waals surface area contributed by atoms with Gasteiger partial charge in [-0.05, 0) is 64.0 Å². The molecule has 1 aromatic carbocycles. The van der Waals surface area contributed by atoms with E-state index in [0.29, 0.717) is 42.7 Å². The molecule has 10 nitrogen and oxygen atoms in total. The summed E-state index contributed by atoms with van der Waals surface area (Å²) in [5, 5.41) is 23.0. The highest BCUT2D eigenvalue weighted by Gasteiger charge is 2.34. The van der Waals surface area contributed by atoms with E-state index < -0.39 is 12.0 Å². The number of aromatic nitrogens is 2. The topological polar surface area (TPSA) is 143 Å². The number of phenolic OH excluding ortho intramolecular Hbond substituents is 1. The molecule has 4 N–H and O–H groups in total. The molecule has 0 radical (unpaired) electrons. The van der Waals surface area contributed by atoms with Gasteiger partial charge in [0.25, 0.3) is 0 Å². The Kier molecular flexibility index (Phi) is 6.73. The van der Waals surface area contributed by atoms with Gasteiger partial charge in [0.05, 0.1) is 12.7 Å². The number of aromatic hydroxyl groups is 1. The number of rotatable bonds is 6. The summed E-state index contributed by atoms with van der Waals surface area (Å²) in [6, 6.07) is 3.22. The molecular formula is C25H32N4O6. The molecule has 0 spiro atoms. The average Bonchev–Trinajstić information content (AvgIpc) is 3.51. The average molecular weight is 485 g/mol. The Balaban J connectivity index is 1.35. The summed E-state index contributed by atoms with van der Waals surface area (Å²) in [4.78, 5) is 36.5. The van der Waals surface area contributed by atoms with Crippen molar-refractivity contribution in [2.24, 2.45) is 5.92 Å². The van der Waals surface area contributed by atoms with Crippen molar-refractivity contribution in [3.63, 3.8) is 0 Å². The smallest absolute Gasteiger partial charge is 0.407 e. The van der Waals surface area contributed by atoms with Crippen LogP contribution in [0, 0.1) is 5.92 Å². The molecule has 1 heterocycles. The lowest BCUT2D eigenvalue weighted by atomic mass is 10.0. The third-order valence-corrected chi connectivity index (χ3v) is 6.56. The number of hydrogen-bond acceptors (Lipinski definition) is 7. The van der Waals surface area contributed by atoms with Crippen LogP contribution in [0.1, 0.15) is 73.1 Å². The van der Waals surface area contributed by atoms with Crippen molar-refractivity contribution in [2.45, 2.75) is 70.4 Å². The van der Waals surface area contributed by atoms with Crippen LogP contribution in [-0.4, -0.2) is 52.3 Å². The number of amides is 2. The Labute approximate surface area is 203 Å². The number of aromatic amines is 1. The van der Waals surface area contributed by atoms with E-state index in [-0.39, 0.29) is 34.8 Å². The van der Waals surface area contributed by atoms with E-state index in [2.05, 4.69) is 20.8 Å². The van der Waals surface area contributed by atoms with E-state index in [0.717, 1.165) is 24.1 Å². The fourth-order valence-electron chi connectivity index (χ4n) is 4.93. The molecule has 2 aromatic rings. The van der Waals surface area contributed by atoms with Crippen LogP contribution in [0.2, 0.25) is 0 Å². The number of carbonyl (C=O) groups is 3. The van der Waals surface area contributed by atoms with E-state index in [4.69, 9.17) is 9.47 Å². The van der Waals surface area contributed by atoms with Crippen LogP contribution in [0.5, 0.6) is 11.5 Å².